The van der Waals surface area contributed by atoms with E-state index in [1.807, 2.05) is 84.9 Å². The van der Waals surface area contributed by atoms with E-state index in [9.17, 15) is 9.59 Å². The van der Waals surface area contributed by atoms with Crippen LogP contribution >= 0.6 is 31.9 Å². The summed E-state index contributed by atoms with van der Waals surface area (Å²) in [6.07, 6.45) is 5.53. The highest BCUT2D eigenvalue weighted by molar-refractivity contribution is 9.10. The van der Waals surface area contributed by atoms with E-state index in [-0.39, 0.29) is 0 Å². The van der Waals surface area contributed by atoms with Gasteiger partial charge in [0, 0.05) is 8.95 Å². The third-order valence-corrected chi connectivity index (χ3v) is 9.74. The van der Waals surface area contributed by atoms with Crippen molar-refractivity contribution >= 4 is 43.8 Å². The summed E-state index contributed by atoms with van der Waals surface area (Å²) in [5.74, 6) is 0.0112. The lowest BCUT2D eigenvalue weighted by molar-refractivity contribution is 0.0686. The number of hydrogen-bond donors (Lipinski definition) is 2. The first-order chi connectivity index (χ1) is 26.2. The van der Waals surface area contributed by atoms with Gasteiger partial charge in [-0.25, -0.2) is 9.59 Å². The number of halogens is 2. The molecule has 6 aromatic rings. The van der Waals surface area contributed by atoms with Crippen molar-refractivity contribution in [3.05, 3.63) is 199 Å². The SMILES string of the molecule is O=C(O)c1ccc(CCCc2ccc(Br)cc2OCc2ccccc2)cc1.O=C(O)c1ccc(CCCc2ccc(Br)cc2OCc2ccccc2)cc1. The molecule has 0 aromatic heterocycles. The molecule has 6 aromatic carbocycles. The first-order valence-electron chi connectivity index (χ1n) is 17.8. The average molecular weight is 851 g/mol. The predicted molar refractivity (Wildman–Crippen MR) is 221 cm³/mol. The van der Waals surface area contributed by atoms with Crippen molar-refractivity contribution < 1.29 is 29.3 Å². The third kappa shape index (κ3) is 13.0. The number of ether oxygens (including phenoxy) is 2. The maximum absolute atomic E-state index is 10.9. The fraction of sp³-hybridized carbons (Fsp3) is 0.174. The van der Waals surface area contributed by atoms with Crippen LogP contribution in [0.15, 0.2) is 155 Å². The number of hydrogen-bond acceptors (Lipinski definition) is 4. The van der Waals surface area contributed by atoms with Crippen molar-refractivity contribution in [2.45, 2.75) is 51.7 Å². The molecule has 0 saturated carbocycles. The van der Waals surface area contributed by atoms with Gasteiger partial charge in [0.25, 0.3) is 0 Å². The van der Waals surface area contributed by atoms with Crippen LogP contribution in [-0.2, 0) is 38.9 Å². The molecule has 0 unspecified atom stereocenters. The van der Waals surface area contributed by atoms with Gasteiger partial charge < -0.3 is 19.7 Å². The van der Waals surface area contributed by atoms with Gasteiger partial charge in [-0.05, 0) is 120 Å². The van der Waals surface area contributed by atoms with Gasteiger partial charge in [-0.3, -0.25) is 0 Å². The summed E-state index contributed by atoms with van der Waals surface area (Å²) in [6.45, 7) is 1.09. The standard InChI is InChI=1S/2C23H21BrO3/c2*24-21-14-13-19(22(15-21)27-16-18-5-2-1-3-6-18)8-4-7-17-9-11-20(12-10-17)23(25)26/h2*1-3,5-6,9-15H,4,7-8,16H2,(H,25,26). The van der Waals surface area contributed by atoms with Gasteiger partial charge in [-0.2, -0.15) is 0 Å². The molecule has 0 fully saturated rings. The lowest BCUT2D eigenvalue weighted by Gasteiger charge is -2.12. The van der Waals surface area contributed by atoms with E-state index in [1.54, 1.807) is 24.3 Å². The monoisotopic (exact) mass is 848 g/mol. The first kappa shape index (κ1) is 40.0. The second-order valence-corrected chi connectivity index (χ2v) is 14.6. The molecule has 0 aliphatic heterocycles. The maximum Gasteiger partial charge on any atom is 0.335 e. The Labute approximate surface area is 333 Å². The zero-order valence-electron chi connectivity index (χ0n) is 29.8. The molecule has 0 radical (unpaired) electrons. The quantitative estimate of drug-likeness (QED) is 0.101. The summed E-state index contributed by atoms with van der Waals surface area (Å²) in [4.78, 5) is 21.8. The Bertz CT molecular complexity index is 1930. The highest BCUT2D eigenvalue weighted by Crippen LogP contribution is 2.28. The lowest BCUT2D eigenvalue weighted by atomic mass is 10.0. The second kappa shape index (κ2) is 20.9. The molecule has 0 aliphatic carbocycles. The molecule has 0 heterocycles. The Morgan fingerprint density at radius 2 is 0.815 bits per heavy atom. The van der Waals surface area contributed by atoms with E-state index >= 15 is 0 Å². The van der Waals surface area contributed by atoms with E-state index in [1.165, 1.54) is 11.1 Å². The van der Waals surface area contributed by atoms with Crippen molar-refractivity contribution in [1.29, 1.82) is 0 Å². The number of benzene rings is 6. The van der Waals surface area contributed by atoms with Crippen molar-refractivity contribution in [2.75, 3.05) is 0 Å². The van der Waals surface area contributed by atoms with Crippen LogP contribution in [0.25, 0.3) is 0 Å². The summed E-state index contributed by atoms with van der Waals surface area (Å²) < 4.78 is 14.1. The molecular formula is C46H42Br2O6. The number of carboxylic acids is 2. The van der Waals surface area contributed by atoms with Gasteiger partial charge >= 0.3 is 11.9 Å². The minimum Gasteiger partial charge on any atom is -0.489 e. The van der Waals surface area contributed by atoms with E-state index in [4.69, 9.17) is 19.7 Å². The number of aromatic carboxylic acids is 2. The fourth-order valence-corrected chi connectivity index (χ4v) is 6.48. The van der Waals surface area contributed by atoms with Crippen molar-refractivity contribution in [3.63, 3.8) is 0 Å². The highest BCUT2D eigenvalue weighted by Gasteiger charge is 2.09. The van der Waals surface area contributed by atoms with Crippen LogP contribution < -0.4 is 9.47 Å². The van der Waals surface area contributed by atoms with Gasteiger partial charge in [0.2, 0.25) is 0 Å². The molecule has 2 N–H and O–H groups in total. The van der Waals surface area contributed by atoms with Gasteiger partial charge in [0.1, 0.15) is 24.7 Å². The largest absolute Gasteiger partial charge is 0.489 e. The summed E-state index contributed by atoms with van der Waals surface area (Å²) in [5.41, 5.74) is 7.57. The summed E-state index contributed by atoms with van der Waals surface area (Å²) >= 11 is 7.04. The summed E-state index contributed by atoms with van der Waals surface area (Å²) in [6, 6.07) is 46.7. The zero-order chi connectivity index (χ0) is 38.1. The van der Waals surface area contributed by atoms with Crippen LogP contribution in [0.4, 0.5) is 0 Å². The molecule has 276 valence electrons. The number of carbonyl (C=O) groups is 2. The summed E-state index contributed by atoms with van der Waals surface area (Å²) in [5, 5.41) is 17.9. The second-order valence-electron chi connectivity index (χ2n) is 12.8. The molecule has 6 nitrogen and oxygen atoms in total. The van der Waals surface area contributed by atoms with Crippen molar-refractivity contribution in [3.8, 4) is 11.5 Å². The molecule has 0 atom stereocenters. The van der Waals surface area contributed by atoms with E-state index in [2.05, 4.69) is 68.3 Å². The minimum absolute atomic E-state index is 0.322. The molecule has 8 heteroatoms. The van der Waals surface area contributed by atoms with Crippen LogP contribution in [0.1, 0.15) is 66.9 Å². The molecule has 0 spiro atoms. The summed E-state index contributed by atoms with van der Waals surface area (Å²) in [7, 11) is 0. The lowest BCUT2D eigenvalue weighted by Crippen LogP contribution is -2.00. The Balaban J connectivity index is 0.000000208. The van der Waals surface area contributed by atoms with Gasteiger partial charge in [0.05, 0.1) is 11.1 Å². The smallest absolute Gasteiger partial charge is 0.335 e. The van der Waals surface area contributed by atoms with Crippen LogP contribution in [0.3, 0.4) is 0 Å². The Morgan fingerprint density at radius 3 is 1.17 bits per heavy atom. The molecule has 0 saturated heterocycles. The Kier molecular flexibility index (Phi) is 15.5. The fourth-order valence-electron chi connectivity index (χ4n) is 5.80. The number of aryl methyl sites for hydroxylation is 4. The van der Waals surface area contributed by atoms with Crippen molar-refractivity contribution in [1.82, 2.24) is 0 Å². The molecule has 6 rings (SSSR count). The zero-order valence-corrected chi connectivity index (χ0v) is 33.0. The predicted octanol–water partition coefficient (Wildman–Crippen LogP) is 11.8. The topological polar surface area (TPSA) is 93.1 Å². The van der Waals surface area contributed by atoms with Gasteiger partial charge in [-0.1, -0.05) is 129 Å². The normalized spacial score (nSPS) is 10.6. The first-order valence-corrected chi connectivity index (χ1v) is 19.4. The van der Waals surface area contributed by atoms with E-state index in [0.29, 0.717) is 24.3 Å². The Hall–Kier alpha value is -5.18. The maximum atomic E-state index is 10.9. The highest BCUT2D eigenvalue weighted by atomic mass is 79.9. The molecule has 0 bridgehead atoms. The number of carboxylic acid groups (broad SMARTS) is 2. The van der Waals surface area contributed by atoms with Crippen LogP contribution in [0.2, 0.25) is 0 Å². The average Bonchev–Trinajstić information content (AvgIpc) is 3.19. The molecule has 54 heavy (non-hydrogen) atoms. The Morgan fingerprint density at radius 1 is 0.444 bits per heavy atom. The van der Waals surface area contributed by atoms with E-state index in [0.717, 1.165) is 81.2 Å². The van der Waals surface area contributed by atoms with Crippen LogP contribution in [-0.4, -0.2) is 22.2 Å². The minimum atomic E-state index is -0.892. The van der Waals surface area contributed by atoms with E-state index < -0.39 is 11.9 Å². The number of rotatable bonds is 16. The van der Waals surface area contributed by atoms with Gasteiger partial charge in [0.15, 0.2) is 0 Å². The van der Waals surface area contributed by atoms with Crippen LogP contribution in [0, 0.1) is 0 Å². The van der Waals surface area contributed by atoms with Crippen LogP contribution in [0.5, 0.6) is 11.5 Å². The van der Waals surface area contributed by atoms with Crippen molar-refractivity contribution in [2.24, 2.45) is 0 Å². The third-order valence-electron chi connectivity index (χ3n) is 8.76. The molecule has 0 aliphatic rings. The molecule has 0 amide bonds. The van der Waals surface area contributed by atoms with Gasteiger partial charge in [-0.15, -0.1) is 0 Å². The molecular weight excluding hydrogens is 808 g/mol.